The van der Waals surface area contributed by atoms with Gasteiger partial charge in [-0.25, -0.2) is 0 Å². The van der Waals surface area contributed by atoms with E-state index >= 15 is 0 Å². The minimum absolute atomic E-state index is 0.0449. The van der Waals surface area contributed by atoms with Gasteiger partial charge < -0.3 is 10.5 Å². The molecule has 1 saturated heterocycles. The molecular weight excluding hydrogens is 212 g/mol. The zero-order valence-electron chi connectivity index (χ0n) is 11.5. The summed E-state index contributed by atoms with van der Waals surface area (Å²) in [6, 6.07) is 0. The van der Waals surface area contributed by atoms with E-state index in [0.29, 0.717) is 0 Å². The van der Waals surface area contributed by atoms with Gasteiger partial charge in [0.1, 0.15) is 0 Å². The Morgan fingerprint density at radius 1 is 1.12 bits per heavy atom. The number of hydrogen-bond donors (Lipinski definition) is 1. The van der Waals surface area contributed by atoms with Gasteiger partial charge in [0.05, 0.1) is 5.60 Å². The molecule has 2 aliphatic rings. The number of likely N-dealkylation sites (tertiary alicyclic amines) is 1. The van der Waals surface area contributed by atoms with Crippen LogP contribution in [0.4, 0.5) is 0 Å². The SMILES string of the molecule is COC1(C)CCCN(CC2(N)CCCCC2)C1. The molecule has 0 bridgehead atoms. The molecule has 0 spiro atoms. The third-order valence-corrected chi connectivity index (χ3v) is 4.62. The predicted octanol–water partition coefficient (Wildman–Crippen LogP) is 2.15. The number of nitrogens with zero attached hydrogens (tertiary/aromatic N) is 1. The second-order valence-electron chi connectivity index (χ2n) is 6.39. The van der Waals surface area contributed by atoms with Crippen molar-refractivity contribution in [2.45, 2.75) is 63.0 Å². The lowest BCUT2D eigenvalue weighted by atomic mass is 9.81. The summed E-state index contributed by atoms with van der Waals surface area (Å²) in [7, 11) is 1.84. The number of hydrogen-bond acceptors (Lipinski definition) is 3. The summed E-state index contributed by atoms with van der Waals surface area (Å²) < 4.78 is 5.65. The number of nitrogens with two attached hydrogens (primary N) is 1. The average molecular weight is 240 g/mol. The summed E-state index contributed by atoms with van der Waals surface area (Å²) in [4.78, 5) is 2.53. The first-order valence-corrected chi connectivity index (χ1v) is 7.12. The zero-order valence-corrected chi connectivity index (χ0v) is 11.5. The van der Waals surface area contributed by atoms with Crippen LogP contribution in [0.25, 0.3) is 0 Å². The molecule has 1 unspecified atom stereocenters. The van der Waals surface area contributed by atoms with Crippen LogP contribution >= 0.6 is 0 Å². The second-order valence-corrected chi connectivity index (χ2v) is 6.39. The van der Waals surface area contributed by atoms with E-state index < -0.39 is 0 Å². The molecule has 0 radical (unpaired) electrons. The maximum Gasteiger partial charge on any atom is 0.0777 e. The molecule has 2 fully saturated rings. The number of ether oxygens (including phenoxy) is 1. The first-order chi connectivity index (χ1) is 8.05. The van der Waals surface area contributed by atoms with Gasteiger partial charge >= 0.3 is 0 Å². The number of piperidine rings is 1. The minimum Gasteiger partial charge on any atom is -0.377 e. The number of rotatable bonds is 3. The van der Waals surface area contributed by atoms with Gasteiger partial charge in [-0.05, 0) is 39.2 Å². The van der Waals surface area contributed by atoms with Gasteiger partial charge in [-0.2, -0.15) is 0 Å². The van der Waals surface area contributed by atoms with Crippen molar-refractivity contribution in [1.29, 1.82) is 0 Å². The Kier molecular flexibility index (Phi) is 4.11. The van der Waals surface area contributed by atoms with Crippen LogP contribution in [0.3, 0.4) is 0 Å². The summed E-state index contributed by atoms with van der Waals surface area (Å²) in [6.45, 7) is 5.52. The van der Waals surface area contributed by atoms with Crippen LogP contribution in [0.15, 0.2) is 0 Å². The highest BCUT2D eigenvalue weighted by atomic mass is 16.5. The van der Waals surface area contributed by atoms with Crippen LogP contribution in [0, 0.1) is 0 Å². The molecule has 1 saturated carbocycles. The minimum atomic E-state index is 0.0449. The molecule has 17 heavy (non-hydrogen) atoms. The highest BCUT2D eigenvalue weighted by Gasteiger charge is 2.35. The maximum absolute atomic E-state index is 6.54. The van der Waals surface area contributed by atoms with Crippen LogP contribution in [0.5, 0.6) is 0 Å². The Morgan fingerprint density at radius 3 is 2.47 bits per heavy atom. The Morgan fingerprint density at radius 2 is 1.82 bits per heavy atom. The largest absolute Gasteiger partial charge is 0.377 e. The monoisotopic (exact) mass is 240 g/mol. The van der Waals surface area contributed by atoms with Gasteiger partial charge in [0.25, 0.3) is 0 Å². The lowest BCUT2D eigenvalue weighted by Crippen LogP contribution is -2.56. The topological polar surface area (TPSA) is 38.5 Å². The highest BCUT2D eigenvalue weighted by molar-refractivity contribution is 4.93. The van der Waals surface area contributed by atoms with E-state index in [-0.39, 0.29) is 11.1 Å². The van der Waals surface area contributed by atoms with Crippen LogP contribution in [0.2, 0.25) is 0 Å². The van der Waals surface area contributed by atoms with Crippen molar-refractivity contribution >= 4 is 0 Å². The van der Waals surface area contributed by atoms with Crippen molar-refractivity contribution < 1.29 is 4.74 Å². The Labute approximate surface area is 106 Å². The van der Waals surface area contributed by atoms with Crippen molar-refractivity contribution in [2.75, 3.05) is 26.7 Å². The van der Waals surface area contributed by atoms with E-state index in [2.05, 4.69) is 11.8 Å². The van der Waals surface area contributed by atoms with E-state index in [1.165, 1.54) is 51.5 Å². The van der Waals surface area contributed by atoms with Gasteiger partial charge in [-0.15, -0.1) is 0 Å². The zero-order chi connectivity index (χ0) is 12.4. The lowest BCUT2D eigenvalue weighted by molar-refractivity contribution is -0.0560. The van der Waals surface area contributed by atoms with Crippen LogP contribution < -0.4 is 5.73 Å². The highest BCUT2D eigenvalue weighted by Crippen LogP contribution is 2.30. The molecule has 1 heterocycles. The van der Waals surface area contributed by atoms with E-state index in [0.717, 1.165) is 13.1 Å². The summed E-state index contributed by atoms with van der Waals surface area (Å²) >= 11 is 0. The molecule has 2 N–H and O–H groups in total. The van der Waals surface area contributed by atoms with Crippen LogP contribution in [0.1, 0.15) is 51.9 Å². The van der Waals surface area contributed by atoms with E-state index in [4.69, 9.17) is 10.5 Å². The molecule has 3 nitrogen and oxygen atoms in total. The van der Waals surface area contributed by atoms with E-state index in [1.54, 1.807) is 0 Å². The van der Waals surface area contributed by atoms with E-state index in [1.807, 2.05) is 7.11 Å². The first kappa shape index (κ1) is 13.3. The summed E-state index contributed by atoms with van der Waals surface area (Å²) in [5.41, 5.74) is 6.66. The molecule has 0 amide bonds. The number of methoxy groups -OCH3 is 1. The lowest BCUT2D eigenvalue weighted by Gasteiger charge is -2.44. The van der Waals surface area contributed by atoms with Gasteiger partial charge in [0.2, 0.25) is 0 Å². The van der Waals surface area contributed by atoms with Gasteiger partial charge in [-0.3, -0.25) is 4.90 Å². The predicted molar refractivity (Wildman–Crippen MR) is 71.1 cm³/mol. The molecule has 1 aliphatic heterocycles. The summed E-state index contributed by atoms with van der Waals surface area (Å²) in [5, 5.41) is 0. The molecule has 1 atom stereocenters. The van der Waals surface area contributed by atoms with Gasteiger partial charge in [0, 0.05) is 25.7 Å². The molecule has 1 aliphatic carbocycles. The van der Waals surface area contributed by atoms with Crippen LogP contribution in [-0.2, 0) is 4.74 Å². The normalized spacial score (nSPS) is 34.8. The average Bonchev–Trinajstić information content (AvgIpc) is 2.29. The standard InChI is InChI=1S/C14H28N2O/c1-13(17-2)7-6-10-16(11-13)12-14(15)8-4-3-5-9-14/h3-12,15H2,1-2H3. The van der Waals surface area contributed by atoms with Gasteiger partial charge in [0.15, 0.2) is 0 Å². The Balaban J connectivity index is 1.89. The van der Waals surface area contributed by atoms with Crippen molar-refractivity contribution in [2.24, 2.45) is 5.73 Å². The molecule has 0 aromatic rings. The summed E-state index contributed by atoms with van der Waals surface area (Å²) in [6.07, 6.45) is 8.81. The summed E-state index contributed by atoms with van der Waals surface area (Å²) in [5.74, 6) is 0. The molecule has 100 valence electrons. The fraction of sp³-hybridized carbons (Fsp3) is 1.00. The molecular formula is C14H28N2O. The van der Waals surface area contributed by atoms with Crippen molar-refractivity contribution in [1.82, 2.24) is 4.90 Å². The Bertz CT molecular complexity index is 251. The van der Waals surface area contributed by atoms with Crippen molar-refractivity contribution in [3.63, 3.8) is 0 Å². The molecule has 0 aromatic heterocycles. The molecule has 2 rings (SSSR count). The molecule has 3 heteroatoms. The van der Waals surface area contributed by atoms with Gasteiger partial charge in [-0.1, -0.05) is 19.3 Å². The molecule has 0 aromatic carbocycles. The first-order valence-electron chi connectivity index (χ1n) is 7.12. The van der Waals surface area contributed by atoms with Crippen LogP contribution in [-0.4, -0.2) is 42.8 Å². The fourth-order valence-corrected chi connectivity index (χ4v) is 3.47. The van der Waals surface area contributed by atoms with Crippen molar-refractivity contribution in [3.05, 3.63) is 0 Å². The Hall–Kier alpha value is -0.120. The third-order valence-electron chi connectivity index (χ3n) is 4.62. The fourth-order valence-electron chi connectivity index (χ4n) is 3.47. The third kappa shape index (κ3) is 3.43. The smallest absolute Gasteiger partial charge is 0.0777 e. The van der Waals surface area contributed by atoms with Crippen molar-refractivity contribution in [3.8, 4) is 0 Å². The maximum atomic E-state index is 6.54. The second kappa shape index (κ2) is 5.25. The van der Waals surface area contributed by atoms with E-state index in [9.17, 15) is 0 Å². The quantitative estimate of drug-likeness (QED) is 0.821.